The Hall–Kier alpha value is -1.58. The Morgan fingerprint density at radius 2 is 2.36 bits per heavy atom. The van der Waals surface area contributed by atoms with Gasteiger partial charge in [0.15, 0.2) is 6.29 Å². The second-order valence-corrected chi connectivity index (χ2v) is 3.20. The molecule has 14 heavy (non-hydrogen) atoms. The minimum absolute atomic E-state index is 0.265. The van der Waals surface area contributed by atoms with E-state index in [2.05, 4.69) is 4.98 Å². The number of hydrogen-bond donors (Lipinski definition) is 0. The number of hydrogen-bond acceptors (Lipinski definition) is 4. The van der Waals surface area contributed by atoms with Gasteiger partial charge in [-0.2, -0.15) is 0 Å². The Labute approximate surface area is 81.9 Å². The molecule has 1 heterocycles. The van der Waals surface area contributed by atoms with Gasteiger partial charge >= 0.3 is 0 Å². The highest BCUT2D eigenvalue weighted by atomic mass is 16.5. The Morgan fingerprint density at radius 1 is 1.57 bits per heavy atom. The first kappa shape index (κ1) is 8.99. The third-order valence-corrected chi connectivity index (χ3v) is 2.02. The Balaban J connectivity index is 2.26. The second kappa shape index (κ2) is 3.65. The van der Waals surface area contributed by atoms with Crippen LogP contribution in [0, 0.1) is 0 Å². The fourth-order valence-corrected chi connectivity index (χ4v) is 1.10. The van der Waals surface area contributed by atoms with Gasteiger partial charge in [0, 0.05) is 12.3 Å². The predicted molar refractivity (Wildman–Crippen MR) is 49.8 cm³/mol. The summed E-state index contributed by atoms with van der Waals surface area (Å²) in [5, 5.41) is 0. The van der Waals surface area contributed by atoms with Crippen LogP contribution in [0.2, 0.25) is 0 Å². The van der Waals surface area contributed by atoms with Crippen LogP contribution in [0.5, 0.6) is 11.6 Å². The van der Waals surface area contributed by atoms with Crippen molar-refractivity contribution in [3.63, 3.8) is 0 Å². The zero-order chi connectivity index (χ0) is 9.97. The number of aldehydes is 1. The Bertz CT molecular complexity index is 347. The zero-order valence-corrected chi connectivity index (χ0v) is 7.90. The molecule has 4 nitrogen and oxygen atoms in total. The summed E-state index contributed by atoms with van der Waals surface area (Å²) in [5.41, 5.74) is 0.470. The molecule has 4 heteroatoms. The van der Waals surface area contributed by atoms with Gasteiger partial charge in [0.05, 0.1) is 18.8 Å². The molecular weight excluding hydrogens is 182 g/mol. The van der Waals surface area contributed by atoms with E-state index in [-0.39, 0.29) is 6.10 Å². The number of rotatable bonds is 4. The van der Waals surface area contributed by atoms with E-state index >= 15 is 0 Å². The predicted octanol–water partition coefficient (Wildman–Crippen LogP) is 1.44. The molecule has 0 unspecified atom stereocenters. The van der Waals surface area contributed by atoms with Crippen LogP contribution in [-0.4, -0.2) is 24.5 Å². The number of methoxy groups -OCH3 is 1. The van der Waals surface area contributed by atoms with E-state index in [1.165, 1.54) is 13.3 Å². The van der Waals surface area contributed by atoms with Crippen molar-refractivity contribution in [2.45, 2.75) is 18.9 Å². The molecule has 2 rings (SSSR count). The summed E-state index contributed by atoms with van der Waals surface area (Å²) < 4.78 is 10.5. The molecule has 0 N–H and O–H groups in total. The maximum atomic E-state index is 10.7. The standard InChI is InChI=1S/C10H11NO3/c1-13-10-4-9(14-8-2-3-8)7(6-12)5-11-10/h4-6,8H,2-3H2,1H3. The lowest BCUT2D eigenvalue weighted by molar-refractivity contribution is 0.111. The zero-order valence-electron chi connectivity index (χ0n) is 7.90. The Kier molecular flexibility index (Phi) is 2.35. The van der Waals surface area contributed by atoms with Crippen LogP contribution in [0.15, 0.2) is 12.3 Å². The van der Waals surface area contributed by atoms with E-state index < -0.39 is 0 Å². The van der Waals surface area contributed by atoms with Crippen molar-refractivity contribution < 1.29 is 14.3 Å². The number of ether oxygens (including phenoxy) is 2. The first-order valence-electron chi connectivity index (χ1n) is 4.49. The summed E-state index contributed by atoms with van der Waals surface area (Å²) in [6.07, 6.45) is 4.58. The van der Waals surface area contributed by atoms with Crippen molar-refractivity contribution >= 4 is 6.29 Å². The van der Waals surface area contributed by atoms with Gasteiger partial charge in [-0.1, -0.05) is 0 Å². The number of pyridine rings is 1. The van der Waals surface area contributed by atoms with Crippen LogP contribution in [0.1, 0.15) is 23.2 Å². The third kappa shape index (κ3) is 1.84. The van der Waals surface area contributed by atoms with Gasteiger partial charge < -0.3 is 9.47 Å². The average molecular weight is 193 g/mol. The average Bonchev–Trinajstić information content (AvgIpc) is 3.01. The molecule has 0 spiro atoms. The molecule has 1 aliphatic rings. The number of carbonyl (C=O) groups is 1. The van der Waals surface area contributed by atoms with Crippen LogP contribution in [0.3, 0.4) is 0 Å². The van der Waals surface area contributed by atoms with Crippen molar-refractivity contribution in [1.82, 2.24) is 4.98 Å². The molecule has 1 aromatic rings. The minimum Gasteiger partial charge on any atom is -0.489 e. The summed E-state index contributed by atoms with van der Waals surface area (Å²) in [4.78, 5) is 14.6. The van der Waals surface area contributed by atoms with E-state index in [0.717, 1.165) is 19.1 Å². The third-order valence-electron chi connectivity index (χ3n) is 2.02. The van der Waals surface area contributed by atoms with E-state index in [1.807, 2.05) is 0 Å². The van der Waals surface area contributed by atoms with Gasteiger partial charge in [0.1, 0.15) is 5.75 Å². The summed E-state index contributed by atoms with van der Waals surface area (Å²) >= 11 is 0. The maximum Gasteiger partial charge on any atom is 0.216 e. The van der Waals surface area contributed by atoms with Crippen molar-refractivity contribution in [2.75, 3.05) is 7.11 Å². The van der Waals surface area contributed by atoms with Gasteiger partial charge in [-0.3, -0.25) is 4.79 Å². The van der Waals surface area contributed by atoms with Gasteiger partial charge in [-0.15, -0.1) is 0 Å². The highest BCUT2D eigenvalue weighted by Gasteiger charge is 2.24. The van der Waals surface area contributed by atoms with Crippen LogP contribution in [0.4, 0.5) is 0 Å². The topological polar surface area (TPSA) is 48.4 Å². The molecule has 1 aliphatic carbocycles. The summed E-state index contributed by atoms with van der Waals surface area (Å²) in [6.45, 7) is 0. The van der Waals surface area contributed by atoms with Crippen LogP contribution in [-0.2, 0) is 0 Å². The van der Waals surface area contributed by atoms with E-state index in [4.69, 9.17) is 9.47 Å². The SMILES string of the molecule is COc1cc(OC2CC2)c(C=O)cn1. The van der Waals surface area contributed by atoms with Crippen molar-refractivity contribution in [1.29, 1.82) is 0 Å². The lowest BCUT2D eigenvalue weighted by Crippen LogP contribution is -2.00. The Morgan fingerprint density at radius 3 is 2.93 bits per heavy atom. The van der Waals surface area contributed by atoms with E-state index in [9.17, 15) is 4.79 Å². The first-order valence-corrected chi connectivity index (χ1v) is 4.49. The lowest BCUT2D eigenvalue weighted by atomic mass is 10.3. The number of nitrogens with zero attached hydrogens (tertiary/aromatic N) is 1. The summed E-state index contributed by atoms with van der Waals surface area (Å²) in [5.74, 6) is 1.03. The highest BCUT2D eigenvalue weighted by molar-refractivity contribution is 5.78. The van der Waals surface area contributed by atoms with Gasteiger partial charge in [-0.05, 0) is 12.8 Å². The van der Waals surface area contributed by atoms with Gasteiger partial charge in [-0.25, -0.2) is 4.98 Å². The smallest absolute Gasteiger partial charge is 0.216 e. The fraction of sp³-hybridized carbons (Fsp3) is 0.400. The normalized spacial score (nSPS) is 14.9. The second-order valence-electron chi connectivity index (χ2n) is 3.20. The molecule has 1 saturated carbocycles. The molecule has 0 atom stereocenters. The fourth-order valence-electron chi connectivity index (χ4n) is 1.10. The molecule has 0 radical (unpaired) electrons. The largest absolute Gasteiger partial charge is 0.489 e. The van der Waals surface area contributed by atoms with Crippen LogP contribution in [0.25, 0.3) is 0 Å². The van der Waals surface area contributed by atoms with Gasteiger partial charge in [0.25, 0.3) is 0 Å². The van der Waals surface area contributed by atoms with E-state index in [1.54, 1.807) is 6.07 Å². The quantitative estimate of drug-likeness (QED) is 0.679. The van der Waals surface area contributed by atoms with Gasteiger partial charge in [0.2, 0.25) is 5.88 Å². The van der Waals surface area contributed by atoms with Crippen LogP contribution >= 0.6 is 0 Å². The first-order chi connectivity index (χ1) is 6.83. The molecule has 0 saturated heterocycles. The molecule has 0 aromatic carbocycles. The monoisotopic (exact) mass is 193 g/mol. The molecule has 0 aliphatic heterocycles. The minimum atomic E-state index is 0.265. The lowest BCUT2D eigenvalue weighted by Gasteiger charge is -2.07. The molecular formula is C10H11NO3. The number of carbonyl (C=O) groups excluding carboxylic acids is 1. The highest BCUT2D eigenvalue weighted by Crippen LogP contribution is 2.29. The molecule has 0 bridgehead atoms. The van der Waals surface area contributed by atoms with Crippen LogP contribution < -0.4 is 9.47 Å². The molecule has 0 amide bonds. The molecule has 74 valence electrons. The van der Waals surface area contributed by atoms with Crippen molar-refractivity contribution in [3.05, 3.63) is 17.8 Å². The summed E-state index contributed by atoms with van der Waals surface area (Å²) in [7, 11) is 1.53. The molecule has 1 fully saturated rings. The summed E-state index contributed by atoms with van der Waals surface area (Å²) in [6, 6.07) is 1.64. The van der Waals surface area contributed by atoms with Crippen molar-refractivity contribution in [2.24, 2.45) is 0 Å². The van der Waals surface area contributed by atoms with Crippen molar-refractivity contribution in [3.8, 4) is 11.6 Å². The molecule has 1 aromatic heterocycles. The maximum absolute atomic E-state index is 10.7. The van der Waals surface area contributed by atoms with E-state index in [0.29, 0.717) is 17.2 Å². The number of aromatic nitrogens is 1.